The molecule has 1 aliphatic heterocycles. The molecule has 0 spiro atoms. The van der Waals surface area contributed by atoms with Crippen LogP contribution in [0.1, 0.15) is 0 Å². The second-order valence-electron chi connectivity index (χ2n) is 3.67. The Morgan fingerprint density at radius 3 is 1.86 bits per heavy atom. The van der Waals surface area contributed by atoms with Gasteiger partial charge in [0.2, 0.25) is 0 Å². The zero-order valence-electron chi connectivity index (χ0n) is 10.1. The predicted octanol–water partition coefficient (Wildman–Crippen LogP) is 2.66. The van der Waals surface area contributed by atoms with Crippen LogP contribution in [-0.4, -0.2) is 51.0 Å². The molecule has 132 valence electrons. The third-order valence-corrected chi connectivity index (χ3v) is 1.83. The summed E-state index contributed by atoms with van der Waals surface area (Å²) in [6.45, 7) is -4.42. The lowest BCUT2D eigenvalue weighted by Crippen LogP contribution is -2.53. The van der Waals surface area contributed by atoms with Crippen molar-refractivity contribution in [1.29, 1.82) is 0 Å². The fraction of sp³-hybridized carbons (Fsp3) is 1.00. The van der Waals surface area contributed by atoms with Crippen LogP contribution in [0.5, 0.6) is 0 Å². The monoisotopic (exact) mass is 354 g/mol. The number of halogens is 9. The zero-order chi connectivity index (χ0) is 17.2. The highest BCUT2D eigenvalue weighted by Crippen LogP contribution is 2.43. The molecule has 1 rings (SSSR count). The number of ether oxygens (including phenoxy) is 5. The van der Waals surface area contributed by atoms with Crippen molar-refractivity contribution in [1.82, 2.24) is 0 Å². The van der Waals surface area contributed by atoms with Gasteiger partial charge in [-0.25, -0.2) is 13.9 Å². The Kier molecular flexibility index (Phi) is 5.55. The van der Waals surface area contributed by atoms with Gasteiger partial charge in [-0.2, -0.15) is 26.3 Å². The molecule has 1 atom stereocenters. The van der Waals surface area contributed by atoms with Gasteiger partial charge in [-0.1, -0.05) is 0 Å². The highest BCUT2D eigenvalue weighted by atomic mass is 19.3. The van der Waals surface area contributed by atoms with Gasteiger partial charge in [0.05, 0.1) is 0 Å². The predicted molar refractivity (Wildman–Crippen MR) is 44.7 cm³/mol. The molecule has 0 N–H and O–H groups in total. The molecule has 1 aliphatic rings. The molecule has 22 heavy (non-hydrogen) atoms. The molecule has 0 amide bonds. The lowest BCUT2D eigenvalue weighted by molar-refractivity contribution is -0.548. The van der Waals surface area contributed by atoms with Crippen LogP contribution in [0.3, 0.4) is 0 Å². The van der Waals surface area contributed by atoms with Crippen molar-refractivity contribution in [2.45, 2.75) is 30.9 Å². The summed E-state index contributed by atoms with van der Waals surface area (Å²) in [5.74, 6) is 0. The summed E-state index contributed by atoms with van der Waals surface area (Å²) in [6.07, 6.45) is -24.1. The molecule has 1 unspecified atom stereocenters. The number of hydrogen-bond acceptors (Lipinski definition) is 5. The normalized spacial score (nSPS) is 20.3. The first-order chi connectivity index (χ1) is 9.80. The molecule has 14 heteroatoms. The highest BCUT2D eigenvalue weighted by molar-refractivity contribution is 4.71. The van der Waals surface area contributed by atoms with E-state index < -0.39 is 44.4 Å². The molecular formula is C8H7F9O5. The average Bonchev–Trinajstić information content (AvgIpc) is 3.06. The molecule has 5 nitrogen and oxygen atoms in total. The summed E-state index contributed by atoms with van der Waals surface area (Å²) in [5.41, 5.74) is 0. The second kappa shape index (κ2) is 6.35. The van der Waals surface area contributed by atoms with Crippen LogP contribution >= 0.6 is 0 Å². The topological polar surface area (TPSA) is 49.5 Å². The molecular weight excluding hydrogens is 347 g/mol. The maximum absolute atomic E-state index is 12.9. The minimum absolute atomic E-state index is 0.126. The summed E-state index contributed by atoms with van der Waals surface area (Å²) in [6, 6.07) is 0. The molecule has 1 saturated heterocycles. The van der Waals surface area contributed by atoms with Crippen LogP contribution in [0.15, 0.2) is 0 Å². The Labute approximate surface area is 115 Å². The van der Waals surface area contributed by atoms with Gasteiger partial charge in [0.1, 0.15) is 13.2 Å². The van der Waals surface area contributed by atoms with E-state index in [4.69, 9.17) is 0 Å². The Bertz CT molecular complexity index is 373. The lowest BCUT2D eigenvalue weighted by Gasteiger charge is -2.30. The van der Waals surface area contributed by atoms with Gasteiger partial charge in [-0.05, 0) is 0 Å². The van der Waals surface area contributed by atoms with Gasteiger partial charge in [0.25, 0.3) is 0 Å². The van der Waals surface area contributed by atoms with Crippen LogP contribution in [0.4, 0.5) is 39.5 Å². The van der Waals surface area contributed by atoms with E-state index in [2.05, 4.69) is 23.7 Å². The Morgan fingerprint density at radius 1 is 0.909 bits per heavy atom. The molecule has 0 saturated carbocycles. The minimum Gasteiger partial charge on any atom is -0.345 e. The Hall–Kier alpha value is -0.830. The maximum Gasteiger partial charge on any atom is 0.492 e. The largest absolute Gasteiger partial charge is 0.492 e. The van der Waals surface area contributed by atoms with Crippen molar-refractivity contribution in [3.05, 3.63) is 0 Å². The standard InChI is InChI=1S/C8H7F9O5/c9-3-20-8(16,17)22-7(14,15)6(12,13)21-5(10,11)2-19-4-1-18-4/h4H,1-3H2. The summed E-state index contributed by atoms with van der Waals surface area (Å²) < 4.78 is 129. The van der Waals surface area contributed by atoms with Crippen LogP contribution in [-0.2, 0) is 23.7 Å². The molecule has 1 heterocycles. The van der Waals surface area contributed by atoms with E-state index in [1.165, 1.54) is 0 Å². The van der Waals surface area contributed by atoms with Crippen molar-refractivity contribution in [2.75, 3.05) is 20.1 Å². The van der Waals surface area contributed by atoms with Gasteiger partial charge in [0.15, 0.2) is 13.2 Å². The Morgan fingerprint density at radius 2 is 1.41 bits per heavy atom. The van der Waals surface area contributed by atoms with Crippen molar-refractivity contribution in [3.63, 3.8) is 0 Å². The van der Waals surface area contributed by atoms with E-state index in [1.807, 2.05) is 0 Å². The summed E-state index contributed by atoms with van der Waals surface area (Å²) in [7, 11) is 0. The number of alkyl halides is 9. The van der Waals surface area contributed by atoms with E-state index in [0.29, 0.717) is 0 Å². The first-order valence-electron chi connectivity index (χ1n) is 5.15. The van der Waals surface area contributed by atoms with E-state index in [-0.39, 0.29) is 6.61 Å². The van der Waals surface area contributed by atoms with Crippen molar-refractivity contribution >= 4 is 0 Å². The average molecular weight is 354 g/mol. The van der Waals surface area contributed by atoms with Crippen LogP contribution in [0.2, 0.25) is 0 Å². The molecule has 0 bridgehead atoms. The molecule has 0 aromatic rings. The molecule has 0 aromatic heterocycles. The van der Waals surface area contributed by atoms with Gasteiger partial charge >= 0.3 is 24.6 Å². The van der Waals surface area contributed by atoms with Gasteiger partial charge in [0, 0.05) is 0 Å². The van der Waals surface area contributed by atoms with E-state index >= 15 is 0 Å². The number of rotatable bonds is 10. The fourth-order valence-corrected chi connectivity index (χ4v) is 0.903. The Balaban J connectivity index is 2.67. The fourth-order valence-electron chi connectivity index (χ4n) is 0.903. The molecule has 0 radical (unpaired) electrons. The van der Waals surface area contributed by atoms with Crippen molar-refractivity contribution < 1.29 is 63.2 Å². The van der Waals surface area contributed by atoms with Gasteiger partial charge < -0.3 is 9.47 Å². The van der Waals surface area contributed by atoms with Crippen molar-refractivity contribution in [3.8, 4) is 0 Å². The summed E-state index contributed by atoms with van der Waals surface area (Å²) >= 11 is 0. The zero-order valence-corrected chi connectivity index (χ0v) is 10.1. The highest BCUT2D eigenvalue weighted by Gasteiger charge is 2.68. The van der Waals surface area contributed by atoms with E-state index in [1.54, 1.807) is 0 Å². The van der Waals surface area contributed by atoms with Gasteiger partial charge in [-0.3, -0.25) is 4.74 Å². The van der Waals surface area contributed by atoms with Crippen LogP contribution in [0.25, 0.3) is 0 Å². The molecule has 1 fully saturated rings. The third-order valence-electron chi connectivity index (χ3n) is 1.83. The first-order valence-corrected chi connectivity index (χ1v) is 5.15. The first kappa shape index (κ1) is 19.2. The molecule has 0 aromatic carbocycles. The van der Waals surface area contributed by atoms with Crippen LogP contribution < -0.4 is 0 Å². The lowest BCUT2D eigenvalue weighted by atomic mass is 10.5. The van der Waals surface area contributed by atoms with Crippen LogP contribution in [0, 0.1) is 0 Å². The van der Waals surface area contributed by atoms with E-state index in [9.17, 15) is 39.5 Å². The number of epoxide rings is 1. The number of hydrogen-bond donors (Lipinski definition) is 0. The summed E-state index contributed by atoms with van der Waals surface area (Å²) in [4.78, 5) is 0. The third kappa shape index (κ3) is 5.75. The quantitative estimate of drug-likeness (QED) is 0.343. The minimum atomic E-state index is -6.27. The van der Waals surface area contributed by atoms with E-state index in [0.717, 1.165) is 0 Å². The summed E-state index contributed by atoms with van der Waals surface area (Å²) in [5, 5.41) is 0. The smallest absolute Gasteiger partial charge is 0.345 e. The van der Waals surface area contributed by atoms with Crippen molar-refractivity contribution in [2.24, 2.45) is 0 Å². The van der Waals surface area contributed by atoms with Gasteiger partial charge in [-0.15, -0.1) is 8.78 Å². The SMILES string of the molecule is FCOC(F)(F)OC(F)(F)C(F)(F)OC(F)(F)COC1CO1. The molecule has 0 aliphatic carbocycles. The maximum atomic E-state index is 12.9. The second-order valence-corrected chi connectivity index (χ2v) is 3.67.